The van der Waals surface area contributed by atoms with E-state index in [0.29, 0.717) is 30.4 Å². The van der Waals surface area contributed by atoms with Crippen LogP contribution in [0.2, 0.25) is 0 Å². The molecule has 3 rings (SSSR count). The zero-order valence-electron chi connectivity index (χ0n) is 9.47. The Labute approximate surface area is 103 Å². The van der Waals surface area contributed by atoms with E-state index in [2.05, 4.69) is 5.32 Å². The van der Waals surface area contributed by atoms with Crippen LogP contribution < -0.4 is 14.8 Å². The van der Waals surface area contributed by atoms with Gasteiger partial charge >= 0.3 is 0 Å². The topological polar surface area (TPSA) is 66.0 Å². The van der Waals surface area contributed by atoms with E-state index in [4.69, 9.17) is 18.9 Å². The molecule has 0 fully saturated rings. The van der Waals surface area contributed by atoms with Crippen LogP contribution in [-0.4, -0.2) is 25.9 Å². The number of nitrogens with one attached hydrogen (secondary N) is 1. The fourth-order valence-electron chi connectivity index (χ4n) is 1.65. The first-order chi connectivity index (χ1) is 8.83. The van der Waals surface area contributed by atoms with Crippen LogP contribution in [-0.2, 0) is 14.3 Å². The van der Waals surface area contributed by atoms with Gasteiger partial charge in [0.25, 0.3) is 5.91 Å². The van der Waals surface area contributed by atoms with E-state index in [0.717, 1.165) is 0 Å². The number of carbonyl (C=O) groups is 1. The maximum atomic E-state index is 11.8. The summed E-state index contributed by atoms with van der Waals surface area (Å²) >= 11 is 0. The Bertz CT molecular complexity index is 511. The number of carbonyl (C=O) groups excluding carboxylic acids is 1. The van der Waals surface area contributed by atoms with Gasteiger partial charge in [-0.05, 0) is 12.1 Å². The molecule has 2 aliphatic heterocycles. The van der Waals surface area contributed by atoms with Crippen LogP contribution in [0.1, 0.15) is 0 Å². The third-order valence-electron chi connectivity index (χ3n) is 2.50. The SMILES string of the molecule is O=C(Nc1ccc2c(c1)OCO2)C1=COCCO1. The number of fused-ring (bicyclic) bond motifs is 1. The van der Waals surface area contributed by atoms with Crippen molar-refractivity contribution in [1.29, 1.82) is 0 Å². The number of rotatable bonds is 2. The monoisotopic (exact) mass is 249 g/mol. The Hall–Kier alpha value is -2.37. The van der Waals surface area contributed by atoms with Gasteiger partial charge in [0.1, 0.15) is 19.5 Å². The second-order valence-corrected chi connectivity index (χ2v) is 3.72. The number of hydrogen-bond donors (Lipinski definition) is 1. The first kappa shape index (κ1) is 10.8. The van der Waals surface area contributed by atoms with E-state index < -0.39 is 0 Å². The molecule has 1 N–H and O–H groups in total. The Morgan fingerprint density at radius 2 is 2.00 bits per heavy atom. The molecule has 2 aliphatic rings. The maximum absolute atomic E-state index is 11.8. The molecule has 1 aromatic rings. The summed E-state index contributed by atoms with van der Waals surface area (Å²) in [5, 5.41) is 2.69. The van der Waals surface area contributed by atoms with Crippen molar-refractivity contribution in [2.24, 2.45) is 0 Å². The molecule has 1 amide bonds. The Balaban J connectivity index is 1.72. The first-order valence-corrected chi connectivity index (χ1v) is 5.48. The highest BCUT2D eigenvalue weighted by atomic mass is 16.7. The molecular weight excluding hydrogens is 238 g/mol. The molecule has 6 nitrogen and oxygen atoms in total. The van der Waals surface area contributed by atoms with Gasteiger partial charge in [-0.1, -0.05) is 0 Å². The molecule has 0 spiro atoms. The molecule has 18 heavy (non-hydrogen) atoms. The average Bonchev–Trinajstić information content (AvgIpc) is 2.87. The summed E-state index contributed by atoms with van der Waals surface area (Å²) in [5.41, 5.74) is 0.610. The zero-order chi connectivity index (χ0) is 12.4. The van der Waals surface area contributed by atoms with Crippen molar-refractivity contribution in [1.82, 2.24) is 0 Å². The minimum Gasteiger partial charge on any atom is -0.494 e. The van der Waals surface area contributed by atoms with E-state index >= 15 is 0 Å². The van der Waals surface area contributed by atoms with Gasteiger partial charge in [0.05, 0.1) is 0 Å². The molecule has 2 heterocycles. The van der Waals surface area contributed by atoms with Gasteiger partial charge < -0.3 is 24.3 Å². The van der Waals surface area contributed by atoms with Crippen LogP contribution in [0.25, 0.3) is 0 Å². The van der Waals surface area contributed by atoms with Crippen molar-refractivity contribution in [3.63, 3.8) is 0 Å². The van der Waals surface area contributed by atoms with E-state index in [1.165, 1.54) is 6.26 Å². The summed E-state index contributed by atoms with van der Waals surface area (Å²) < 4.78 is 20.6. The van der Waals surface area contributed by atoms with Crippen molar-refractivity contribution in [2.45, 2.75) is 0 Å². The van der Waals surface area contributed by atoms with Crippen molar-refractivity contribution in [2.75, 3.05) is 25.3 Å². The van der Waals surface area contributed by atoms with E-state index in [-0.39, 0.29) is 18.5 Å². The Kier molecular flexibility index (Phi) is 2.68. The minimum atomic E-state index is -0.353. The average molecular weight is 249 g/mol. The summed E-state index contributed by atoms with van der Waals surface area (Å²) in [6, 6.07) is 5.17. The lowest BCUT2D eigenvalue weighted by Gasteiger charge is -2.15. The summed E-state index contributed by atoms with van der Waals surface area (Å²) in [6.07, 6.45) is 1.31. The molecule has 0 unspecified atom stereocenters. The highest BCUT2D eigenvalue weighted by Crippen LogP contribution is 2.34. The number of hydrogen-bond acceptors (Lipinski definition) is 5. The molecule has 0 aromatic heterocycles. The maximum Gasteiger partial charge on any atom is 0.294 e. The van der Waals surface area contributed by atoms with Crippen molar-refractivity contribution in [3.05, 3.63) is 30.2 Å². The first-order valence-electron chi connectivity index (χ1n) is 5.48. The predicted octanol–water partition coefficient (Wildman–Crippen LogP) is 1.24. The number of amides is 1. The fraction of sp³-hybridized carbons (Fsp3) is 0.250. The van der Waals surface area contributed by atoms with Gasteiger partial charge in [0.2, 0.25) is 12.6 Å². The van der Waals surface area contributed by atoms with Crippen molar-refractivity contribution >= 4 is 11.6 Å². The van der Waals surface area contributed by atoms with Gasteiger partial charge in [0, 0.05) is 11.8 Å². The van der Waals surface area contributed by atoms with Crippen LogP contribution in [0.5, 0.6) is 11.5 Å². The summed E-state index contributed by atoms with van der Waals surface area (Å²) in [5.74, 6) is 1.10. The molecule has 6 heteroatoms. The van der Waals surface area contributed by atoms with Crippen LogP contribution in [0.15, 0.2) is 30.2 Å². The number of anilines is 1. The normalized spacial score (nSPS) is 16.3. The zero-order valence-corrected chi connectivity index (χ0v) is 9.47. The van der Waals surface area contributed by atoms with E-state index in [9.17, 15) is 4.79 Å². The van der Waals surface area contributed by atoms with Gasteiger partial charge in [-0.3, -0.25) is 4.79 Å². The quantitative estimate of drug-likeness (QED) is 0.854. The van der Waals surface area contributed by atoms with Crippen molar-refractivity contribution in [3.8, 4) is 11.5 Å². The molecule has 0 radical (unpaired) electrons. The highest BCUT2D eigenvalue weighted by Gasteiger charge is 2.17. The lowest BCUT2D eigenvalue weighted by molar-refractivity contribution is -0.117. The third kappa shape index (κ3) is 2.04. The fourth-order valence-corrected chi connectivity index (χ4v) is 1.65. The molecule has 1 aromatic carbocycles. The molecule has 0 saturated heterocycles. The second kappa shape index (κ2) is 4.48. The third-order valence-corrected chi connectivity index (χ3v) is 2.50. The van der Waals surface area contributed by atoms with E-state index in [1.807, 2.05) is 0 Å². The molecule has 0 atom stereocenters. The van der Waals surface area contributed by atoms with Crippen LogP contribution in [0, 0.1) is 0 Å². The van der Waals surface area contributed by atoms with Crippen LogP contribution in [0.3, 0.4) is 0 Å². The predicted molar refractivity (Wildman–Crippen MR) is 61.2 cm³/mol. The van der Waals surface area contributed by atoms with Gasteiger partial charge in [-0.25, -0.2) is 0 Å². The van der Waals surface area contributed by atoms with Crippen LogP contribution in [0.4, 0.5) is 5.69 Å². The highest BCUT2D eigenvalue weighted by molar-refractivity contribution is 6.02. The lowest BCUT2D eigenvalue weighted by Crippen LogP contribution is -2.21. The summed E-state index contributed by atoms with van der Waals surface area (Å²) in [7, 11) is 0. The lowest BCUT2D eigenvalue weighted by atomic mass is 10.2. The molecular formula is C12H11NO5. The standard InChI is InChI=1S/C12H11NO5/c14-12(11-6-15-3-4-16-11)13-8-1-2-9-10(5-8)18-7-17-9/h1-2,5-6H,3-4,7H2,(H,13,14). The van der Waals surface area contributed by atoms with E-state index in [1.54, 1.807) is 18.2 Å². The second-order valence-electron chi connectivity index (χ2n) is 3.72. The molecule has 0 saturated carbocycles. The largest absolute Gasteiger partial charge is 0.494 e. The van der Waals surface area contributed by atoms with Gasteiger partial charge in [-0.2, -0.15) is 0 Å². The molecule has 94 valence electrons. The minimum absolute atomic E-state index is 0.166. The summed E-state index contributed by atoms with van der Waals surface area (Å²) in [6.45, 7) is 1.04. The summed E-state index contributed by atoms with van der Waals surface area (Å²) in [4.78, 5) is 11.8. The molecule has 0 bridgehead atoms. The number of ether oxygens (including phenoxy) is 4. The Morgan fingerprint density at radius 1 is 1.11 bits per heavy atom. The van der Waals surface area contributed by atoms with Crippen LogP contribution >= 0.6 is 0 Å². The smallest absolute Gasteiger partial charge is 0.294 e. The number of benzene rings is 1. The van der Waals surface area contributed by atoms with Gasteiger partial charge in [0.15, 0.2) is 11.5 Å². The Morgan fingerprint density at radius 3 is 2.83 bits per heavy atom. The van der Waals surface area contributed by atoms with Crippen molar-refractivity contribution < 1.29 is 23.7 Å². The molecule has 0 aliphatic carbocycles. The van der Waals surface area contributed by atoms with Gasteiger partial charge in [-0.15, -0.1) is 0 Å².